The summed E-state index contributed by atoms with van der Waals surface area (Å²) in [6.45, 7) is 8.83. The zero-order valence-electron chi connectivity index (χ0n) is 16.6. The molecule has 1 aliphatic heterocycles. The van der Waals surface area contributed by atoms with Crippen molar-refractivity contribution < 1.29 is 5.11 Å². The maximum Gasteiger partial charge on any atom is 0.269 e. The van der Waals surface area contributed by atoms with Gasteiger partial charge in [-0.05, 0) is 44.7 Å². The largest absolute Gasteiger partial charge is 0.493 e. The van der Waals surface area contributed by atoms with E-state index in [4.69, 9.17) is 0 Å². The summed E-state index contributed by atoms with van der Waals surface area (Å²) in [5.41, 5.74) is 3.09. The maximum atomic E-state index is 10.9. The van der Waals surface area contributed by atoms with Crippen molar-refractivity contribution in [2.45, 2.75) is 40.3 Å². The Labute approximate surface area is 164 Å². The van der Waals surface area contributed by atoms with Crippen molar-refractivity contribution in [1.29, 1.82) is 0 Å². The minimum Gasteiger partial charge on any atom is -0.493 e. The summed E-state index contributed by atoms with van der Waals surface area (Å²) in [5.74, 6) is 1.21. The first-order valence-electron chi connectivity index (χ1n) is 9.78. The normalized spacial score (nSPS) is 16.4. The van der Waals surface area contributed by atoms with Crippen molar-refractivity contribution in [3.8, 4) is 5.88 Å². The van der Waals surface area contributed by atoms with Gasteiger partial charge in [-0.3, -0.25) is 9.47 Å². The van der Waals surface area contributed by atoms with E-state index in [1.807, 2.05) is 48.7 Å². The molecule has 0 amide bonds. The predicted molar refractivity (Wildman–Crippen MR) is 109 cm³/mol. The molecule has 0 saturated carbocycles. The number of fused-ring (bicyclic) bond motifs is 1. The first kappa shape index (κ1) is 18.6. The molecule has 0 atom stereocenters. The molecule has 3 heterocycles. The van der Waals surface area contributed by atoms with Crippen molar-refractivity contribution in [2.24, 2.45) is 16.1 Å². The van der Waals surface area contributed by atoms with Crippen molar-refractivity contribution in [3.63, 3.8) is 0 Å². The number of nitrogens with zero attached hydrogens (tertiary/aromatic N) is 6. The molecule has 0 unspecified atom stereocenters. The van der Waals surface area contributed by atoms with Crippen LogP contribution >= 0.6 is 0 Å². The second-order valence-electron chi connectivity index (χ2n) is 7.71. The van der Waals surface area contributed by atoms with Gasteiger partial charge in [0.15, 0.2) is 5.69 Å². The second-order valence-corrected chi connectivity index (χ2v) is 7.71. The first-order chi connectivity index (χ1) is 13.5. The summed E-state index contributed by atoms with van der Waals surface area (Å²) >= 11 is 0. The summed E-state index contributed by atoms with van der Waals surface area (Å²) in [7, 11) is 0. The van der Waals surface area contributed by atoms with Crippen molar-refractivity contribution in [1.82, 2.24) is 19.4 Å². The molecule has 1 aliphatic rings. The van der Waals surface area contributed by atoms with Crippen LogP contribution in [0.25, 0.3) is 10.9 Å². The fraction of sp³-hybridized carbons (Fsp3) is 0.429. The zero-order valence-corrected chi connectivity index (χ0v) is 16.6. The Morgan fingerprint density at radius 1 is 1.07 bits per heavy atom. The molecule has 1 saturated heterocycles. The lowest BCUT2D eigenvalue weighted by Crippen LogP contribution is -2.34. The van der Waals surface area contributed by atoms with Gasteiger partial charge in [0, 0.05) is 29.9 Å². The van der Waals surface area contributed by atoms with Gasteiger partial charge < -0.3 is 5.11 Å². The average Bonchev–Trinajstić information content (AvgIpc) is 2.93. The van der Waals surface area contributed by atoms with Gasteiger partial charge >= 0.3 is 0 Å². The molecule has 0 bridgehead atoms. The van der Waals surface area contributed by atoms with Gasteiger partial charge in [-0.2, -0.15) is 0 Å². The number of para-hydroxylation sites is 1. The van der Waals surface area contributed by atoms with Crippen LogP contribution in [-0.2, 0) is 6.67 Å². The lowest BCUT2D eigenvalue weighted by atomic mass is 10.00. The average molecular weight is 378 g/mol. The van der Waals surface area contributed by atoms with Gasteiger partial charge in [-0.25, -0.2) is 9.97 Å². The van der Waals surface area contributed by atoms with Crippen LogP contribution in [0.4, 0.5) is 11.6 Å². The van der Waals surface area contributed by atoms with Crippen LogP contribution in [0.1, 0.15) is 31.2 Å². The van der Waals surface area contributed by atoms with E-state index in [1.165, 1.54) is 12.8 Å². The Bertz CT molecular complexity index is 997. The van der Waals surface area contributed by atoms with E-state index >= 15 is 0 Å². The molecule has 3 aromatic rings. The molecule has 7 nitrogen and oxygen atoms in total. The highest BCUT2D eigenvalue weighted by molar-refractivity contribution is 5.94. The lowest BCUT2D eigenvalue weighted by Gasteiger charge is -2.30. The first-order valence-corrected chi connectivity index (χ1v) is 9.78. The van der Waals surface area contributed by atoms with E-state index < -0.39 is 0 Å². The van der Waals surface area contributed by atoms with Gasteiger partial charge in [-0.15, -0.1) is 10.2 Å². The SMILES string of the molecule is Cc1cc(C)nc(N=Nc2c(O)n(CN3CCC(C)CC3)c3ccccc23)n1. The van der Waals surface area contributed by atoms with Gasteiger partial charge in [0.1, 0.15) is 0 Å². The number of piperidine rings is 1. The quantitative estimate of drug-likeness (QED) is 0.658. The van der Waals surface area contributed by atoms with Gasteiger partial charge in [-0.1, -0.05) is 25.1 Å². The molecular formula is C21H26N6O. The number of hydrogen-bond acceptors (Lipinski definition) is 6. The van der Waals surface area contributed by atoms with Crippen LogP contribution in [0.3, 0.4) is 0 Å². The number of aryl methyl sites for hydroxylation is 2. The molecule has 0 spiro atoms. The number of likely N-dealkylation sites (tertiary alicyclic amines) is 1. The van der Waals surface area contributed by atoms with Gasteiger partial charge in [0.05, 0.1) is 12.2 Å². The van der Waals surface area contributed by atoms with Crippen molar-refractivity contribution in [2.75, 3.05) is 13.1 Å². The Hall–Kier alpha value is -2.80. The molecule has 1 aromatic carbocycles. The fourth-order valence-electron chi connectivity index (χ4n) is 3.76. The van der Waals surface area contributed by atoms with E-state index in [0.717, 1.165) is 41.3 Å². The standard InChI is InChI=1S/C21H26N6O/c1-14-8-10-26(11-9-14)13-27-18-7-5-4-6-17(18)19(20(27)28)24-25-21-22-15(2)12-16(3)23-21/h4-7,12,14,28H,8-11,13H2,1-3H3. The molecule has 0 aliphatic carbocycles. The smallest absolute Gasteiger partial charge is 0.269 e. The minimum atomic E-state index is 0.132. The number of rotatable bonds is 4. The molecule has 146 valence electrons. The molecule has 2 aromatic heterocycles. The number of aromatic hydroxyl groups is 1. The highest BCUT2D eigenvalue weighted by Gasteiger charge is 2.21. The fourth-order valence-corrected chi connectivity index (χ4v) is 3.76. The molecule has 0 radical (unpaired) electrons. The molecule has 7 heteroatoms. The predicted octanol–water partition coefficient (Wildman–Crippen LogP) is 4.86. The summed E-state index contributed by atoms with van der Waals surface area (Å²) < 4.78 is 1.92. The zero-order chi connectivity index (χ0) is 19.7. The molecular weight excluding hydrogens is 352 g/mol. The van der Waals surface area contributed by atoms with E-state index in [-0.39, 0.29) is 5.88 Å². The van der Waals surface area contributed by atoms with Crippen LogP contribution in [0, 0.1) is 19.8 Å². The Morgan fingerprint density at radius 2 is 1.75 bits per heavy atom. The topological polar surface area (TPSA) is 78.9 Å². The third-order valence-electron chi connectivity index (χ3n) is 5.35. The molecule has 28 heavy (non-hydrogen) atoms. The van der Waals surface area contributed by atoms with Crippen LogP contribution in [-0.4, -0.2) is 37.6 Å². The van der Waals surface area contributed by atoms with E-state index in [0.29, 0.717) is 18.3 Å². The number of azo groups is 1. The molecule has 4 rings (SSSR count). The van der Waals surface area contributed by atoms with E-state index in [2.05, 4.69) is 32.0 Å². The monoisotopic (exact) mass is 378 g/mol. The van der Waals surface area contributed by atoms with Gasteiger partial charge in [0.25, 0.3) is 5.95 Å². The summed E-state index contributed by atoms with van der Waals surface area (Å²) in [5, 5.41) is 20.3. The highest BCUT2D eigenvalue weighted by atomic mass is 16.3. The Morgan fingerprint density at radius 3 is 2.46 bits per heavy atom. The number of aromatic nitrogens is 3. The van der Waals surface area contributed by atoms with E-state index in [9.17, 15) is 5.11 Å². The summed E-state index contributed by atoms with van der Waals surface area (Å²) in [6.07, 6.45) is 2.38. The van der Waals surface area contributed by atoms with Crippen molar-refractivity contribution >= 4 is 22.5 Å². The van der Waals surface area contributed by atoms with Crippen LogP contribution in [0.15, 0.2) is 40.6 Å². The van der Waals surface area contributed by atoms with Crippen LogP contribution < -0.4 is 0 Å². The summed E-state index contributed by atoms with van der Waals surface area (Å²) in [4.78, 5) is 11.0. The highest BCUT2D eigenvalue weighted by Crippen LogP contribution is 2.39. The second kappa shape index (κ2) is 7.67. The van der Waals surface area contributed by atoms with Gasteiger partial charge in [0.2, 0.25) is 5.88 Å². The molecule has 1 N–H and O–H groups in total. The Balaban J connectivity index is 1.69. The number of benzene rings is 1. The minimum absolute atomic E-state index is 0.132. The maximum absolute atomic E-state index is 10.9. The summed E-state index contributed by atoms with van der Waals surface area (Å²) in [6, 6.07) is 9.78. The third-order valence-corrected chi connectivity index (χ3v) is 5.35. The van der Waals surface area contributed by atoms with Crippen LogP contribution in [0.2, 0.25) is 0 Å². The van der Waals surface area contributed by atoms with Crippen molar-refractivity contribution in [3.05, 3.63) is 41.7 Å². The lowest BCUT2D eigenvalue weighted by molar-refractivity contribution is 0.151. The van der Waals surface area contributed by atoms with Crippen LogP contribution in [0.5, 0.6) is 5.88 Å². The number of hydrogen-bond donors (Lipinski definition) is 1. The molecule has 1 fully saturated rings. The third kappa shape index (κ3) is 3.75. The Kier molecular flexibility index (Phi) is 5.09. The van der Waals surface area contributed by atoms with E-state index in [1.54, 1.807) is 0 Å².